The zero-order valence-corrected chi connectivity index (χ0v) is 26.3. The maximum Gasteiger partial charge on any atom is 0.235 e. The van der Waals surface area contributed by atoms with E-state index in [1.165, 1.54) is 35.0 Å². The van der Waals surface area contributed by atoms with Crippen LogP contribution in [0.5, 0.6) is 0 Å². The molecule has 1 amide bonds. The molecular formula is C32H41N5OS2. The van der Waals surface area contributed by atoms with Crippen LogP contribution < -0.4 is 5.32 Å². The van der Waals surface area contributed by atoms with E-state index in [0.717, 1.165) is 54.2 Å². The average Bonchev–Trinajstić information content (AvgIpc) is 3.64. The first-order valence-electron chi connectivity index (χ1n) is 14.5. The zero-order chi connectivity index (χ0) is 28.7. The molecule has 0 aliphatic heterocycles. The summed E-state index contributed by atoms with van der Waals surface area (Å²) in [6.07, 6.45) is 7.58. The van der Waals surface area contributed by atoms with Crippen LogP contribution in [0, 0.1) is 22.7 Å². The van der Waals surface area contributed by atoms with Gasteiger partial charge in [0.1, 0.15) is 11.1 Å². The number of anilines is 1. The number of hydrogen-bond acceptors (Lipinski definition) is 6. The van der Waals surface area contributed by atoms with E-state index >= 15 is 0 Å². The van der Waals surface area contributed by atoms with Gasteiger partial charge in [-0.05, 0) is 60.0 Å². The van der Waals surface area contributed by atoms with E-state index in [-0.39, 0.29) is 22.5 Å². The van der Waals surface area contributed by atoms with Crippen molar-refractivity contribution in [2.45, 2.75) is 103 Å². The fraction of sp³-hybridized carbons (Fsp3) is 0.562. The summed E-state index contributed by atoms with van der Waals surface area (Å²) in [5, 5.41) is 23.6. The summed E-state index contributed by atoms with van der Waals surface area (Å²) in [6, 6.07) is 11.4. The normalized spacial score (nSPS) is 18.0. The molecule has 212 valence electrons. The first-order valence-corrected chi connectivity index (χ1v) is 16.3. The van der Waals surface area contributed by atoms with Gasteiger partial charge in [-0.3, -0.25) is 9.36 Å². The van der Waals surface area contributed by atoms with Crippen LogP contribution >= 0.6 is 23.1 Å². The molecule has 3 aromatic rings. The summed E-state index contributed by atoms with van der Waals surface area (Å²) in [7, 11) is 0. The van der Waals surface area contributed by atoms with Gasteiger partial charge in [0.15, 0.2) is 11.0 Å². The molecule has 1 aromatic carbocycles. The number of aromatic nitrogens is 3. The second-order valence-corrected chi connectivity index (χ2v) is 15.5. The smallest absolute Gasteiger partial charge is 0.235 e. The van der Waals surface area contributed by atoms with Gasteiger partial charge in [-0.1, -0.05) is 90.4 Å². The summed E-state index contributed by atoms with van der Waals surface area (Å²) >= 11 is 3.02. The van der Waals surface area contributed by atoms with Gasteiger partial charge in [0.25, 0.3) is 0 Å². The molecule has 1 fully saturated rings. The number of benzene rings is 1. The van der Waals surface area contributed by atoms with Gasteiger partial charge in [-0.2, -0.15) is 5.26 Å². The Labute approximate surface area is 247 Å². The molecular weight excluding hydrogens is 535 g/mol. The maximum absolute atomic E-state index is 13.1. The van der Waals surface area contributed by atoms with Crippen molar-refractivity contribution in [3.63, 3.8) is 0 Å². The van der Waals surface area contributed by atoms with Crippen LogP contribution in [-0.4, -0.2) is 26.4 Å². The number of nitrogens with one attached hydrogen (secondary N) is 1. The van der Waals surface area contributed by atoms with Crippen molar-refractivity contribution in [1.29, 1.82) is 5.26 Å². The van der Waals surface area contributed by atoms with Gasteiger partial charge >= 0.3 is 0 Å². The van der Waals surface area contributed by atoms with Crippen LogP contribution in [0.1, 0.15) is 101 Å². The van der Waals surface area contributed by atoms with Crippen LogP contribution in [-0.2, 0) is 23.1 Å². The number of amides is 1. The molecule has 6 nitrogen and oxygen atoms in total. The minimum Gasteiger partial charge on any atom is -0.316 e. The molecule has 2 aliphatic carbocycles. The van der Waals surface area contributed by atoms with Crippen LogP contribution in [0.2, 0.25) is 0 Å². The predicted octanol–water partition coefficient (Wildman–Crippen LogP) is 8.17. The molecule has 0 spiro atoms. The lowest BCUT2D eigenvalue weighted by Crippen LogP contribution is -2.26. The number of thiophene rings is 1. The van der Waals surface area contributed by atoms with Gasteiger partial charge < -0.3 is 5.32 Å². The largest absolute Gasteiger partial charge is 0.316 e. The van der Waals surface area contributed by atoms with Crippen molar-refractivity contribution in [3.05, 3.63) is 45.8 Å². The third kappa shape index (κ3) is 6.01. The Hall–Kier alpha value is -2.63. The van der Waals surface area contributed by atoms with Crippen LogP contribution in [0.25, 0.3) is 11.4 Å². The van der Waals surface area contributed by atoms with Crippen molar-refractivity contribution in [1.82, 2.24) is 14.8 Å². The number of carbonyl (C=O) groups is 1. The second kappa shape index (κ2) is 11.3. The van der Waals surface area contributed by atoms with E-state index in [1.807, 2.05) is 0 Å². The van der Waals surface area contributed by atoms with Crippen LogP contribution in [0.4, 0.5) is 5.00 Å². The van der Waals surface area contributed by atoms with Crippen LogP contribution in [0.15, 0.2) is 29.4 Å². The Morgan fingerprint density at radius 1 is 1.10 bits per heavy atom. The Morgan fingerprint density at radius 2 is 1.80 bits per heavy atom. The Balaban J connectivity index is 1.32. The van der Waals surface area contributed by atoms with Crippen molar-refractivity contribution >= 4 is 34.0 Å². The number of thioether (sulfide) groups is 1. The fourth-order valence-corrected chi connectivity index (χ4v) is 8.11. The minimum atomic E-state index is -0.107. The van der Waals surface area contributed by atoms with Gasteiger partial charge in [0.2, 0.25) is 5.91 Å². The Morgan fingerprint density at radius 3 is 2.42 bits per heavy atom. The number of nitriles is 1. The van der Waals surface area contributed by atoms with Crippen molar-refractivity contribution in [3.8, 4) is 17.5 Å². The number of carbonyl (C=O) groups excluding carboxylic acids is 1. The SMILES string of the molecule is CC(C)(C)c1ccc(-c2nnc(SCC(=O)Nc3sc4c(c3C#N)CC[C@@H](C(C)(C)C)C4)n2C2CCCC2)cc1. The summed E-state index contributed by atoms with van der Waals surface area (Å²) in [5.74, 6) is 1.59. The highest BCUT2D eigenvalue weighted by molar-refractivity contribution is 7.99. The minimum absolute atomic E-state index is 0.0908. The molecule has 0 radical (unpaired) electrons. The third-order valence-electron chi connectivity index (χ3n) is 8.55. The van der Waals surface area contributed by atoms with Crippen molar-refractivity contribution < 1.29 is 4.79 Å². The highest BCUT2D eigenvalue weighted by Gasteiger charge is 2.32. The monoisotopic (exact) mass is 575 g/mol. The fourth-order valence-electron chi connectivity index (χ4n) is 6.01. The summed E-state index contributed by atoms with van der Waals surface area (Å²) in [5.41, 5.74) is 4.46. The van der Waals surface area contributed by atoms with E-state index in [0.29, 0.717) is 22.5 Å². The molecule has 0 saturated heterocycles. The lowest BCUT2D eigenvalue weighted by atomic mass is 9.72. The second-order valence-electron chi connectivity index (χ2n) is 13.4. The van der Waals surface area contributed by atoms with E-state index in [1.54, 1.807) is 11.3 Å². The predicted molar refractivity (Wildman–Crippen MR) is 165 cm³/mol. The molecule has 1 N–H and O–H groups in total. The van der Waals surface area contributed by atoms with Gasteiger partial charge in [-0.25, -0.2) is 0 Å². The van der Waals surface area contributed by atoms with E-state index in [9.17, 15) is 10.1 Å². The Bertz CT molecular complexity index is 1410. The number of nitrogens with zero attached hydrogens (tertiary/aromatic N) is 4. The molecule has 0 bridgehead atoms. The third-order valence-corrected chi connectivity index (χ3v) is 10.7. The lowest BCUT2D eigenvalue weighted by molar-refractivity contribution is -0.113. The van der Waals surface area contributed by atoms with Gasteiger partial charge in [-0.15, -0.1) is 21.5 Å². The molecule has 1 saturated carbocycles. The van der Waals surface area contributed by atoms with Gasteiger partial charge in [0.05, 0.1) is 11.3 Å². The zero-order valence-electron chi connectivity index (χ0n) is 24.6. The molecule has 2 aliphatic rings. The highest BCUT2D eigenvalue weighted by atomic mass is 32.2. The topological polar surface area (TPSA) is 83.6 Å². The first kappa shape index (κ1) is 28.9. The van der Waals surface area contributed by atoms with Crippen molar-refractivity contribution in [2.24, 2.45) is 11.3 Å². The van der Waals surface area contributed by atoms with Crippen LogP contribution in [0.3, 0.4) is 0 Å². The van der Waals surface area contributed by atoms with E-state index < -0.39 is 0 Å². The van der Waals surface area contributed by atoms with Crippen molar-refractivity contribution in [2.75, 3.05) is 11.1 Å². The lowest BCUT2D eigenvalue weighted by Gasteiger charge is -2.33. The summed E-state index contributed by atoms with van der Waals surface area (Å²) < 4.78 is 2.26. The molecule has 40 heavy (non-hydrogen) atoms. The van der Waals surface area contributed by atoms with Gasteiger partial charge in [0, 0.05) is 16.5 Å². The quantitative estimate of drug-likeness (QED) is 0.300. The molecule has 0 unspecified atom stereocenters. The number of hydrogen-bond donors (Lipinski definition) is 1. The molecule has 8 heteroatoms. The molecule has 1 atom stereocenters. The summed E-state index contributed by atoms with van der Waals surface area (Å²) in [6.45, 7) is 13.5. The molecule has 2 aromatic heterocycles. The number of rotatable bonds is 6. The highest BCUT2D eigenvalue weighted by Crippen LogP contribution is 2.44. The Kier molecular flexibility index (Phi) is 8.18. The average molecular weight is 576 g/mol. The number of fused-ring (bicyclic) bond motifs is 1. The van der Waals surface area contributed by atoms with E-state index in [2.05, 4.69) is 92.0 Å². The molecule has 2 heterocycles. The first-order chi connectivity index (χ1) is 19.0. The summed E-state index contributed by atoms with van der Waals surface area (Å²) in [4.78, 5) is 14.4. The maximum atomic E-state index is 13.1. The van der Waals surface area contributed by atoms with E-state index in [4.69, 9.17) is 0 Å². The molecule has 5 rings (SSSR count). The standard InChI is InChI=1S/C32H41N5OS2/c1-31(2,3)21-13-11-20(12-14-21)28-35-36-30(37(28)23-9-7-8-10-23)39-19-27(38)34-29-25(18-33)24-16-15-22(32(4,5)6)17-26(24)40-29/h11-14,22-23H,7-10,15-17,19H2,1-6H3,(H,34,38)/t22-/m1/s1.